The minimum absolute atomic E-state index is 0.107. The molecule has 0 unspecified atom stereocenters. The second-order valence-corrected chi connectivity index (χ2v) is 7.27. The quantitative estimate of drug-likeness (QED) is 0.335. The maximum atomic E-state index is 14.8. The second-order valence-electron chi connectivity index (χ2n) is 7.27. The number of carbonyl (C=O) groups is 1. The molecule has 35 heavy (non-hydrogen) atoms. The van der Waals surface area contributed by atoms with Crippen LogP contribution in [0.4, 0.5) is 30.4 Å². The summed E-state index contributed by atoms with van der Waals surface area (Å²) in [4.78, 5) is 20.4. The Morgan fingerprint density at radius 2 is 1.63 bits per heavy atom. The lowest BCUT2D eigenvalue weighted by atomic mass is 10.0. The fourth-order valence-corrected chi connectivity index (χ4v) is 3.50. The number of anilines is 3. The molecule has 178 valence electrons. The summed E-state index contributed by atoms with van der Waals surface area (Å²) in [5.41, 5.74) is 0.871. The molecular weight excluding hydrogens is 461 g/mol. The lowest BCUT2D eigenvalue weighted by Crippen LogP contribution is -2.09. The van der Waals surface area contributed by atoms with Gasteiger partial charge in [0.2, 0.25) is 5.91 Å². The molecule has 7 nitrogen and oxygen atoms in total. The third-order valence-electron chi connectivity index (χ3n) is 5.16. The van der Waals surface area contributed by atoms with E-state index in [2.05, 4.69) is 27.2 Å². The van der Waals surface area contributed by atoms with E-state index >= 15 is 0 Å². The third kappa shape index (κ3) is 4.72. The lowest BCUT2D eigenvalue weighted by molar-refractivity contribution is -0.111. The van der Waals surface area contributed by atoms with Crippen molar-refractivity contribution in [3.05, 3.63) is 78.9 Å². The van der Waals surface area contributed by atoms with Gasteiger partial charge in [0.05, 0.1) is 31.1 Å². The highest BCUT2D eigenvalue weighted by Crippen LogP contribution is 2.38. The molecule has 2 N–H and O–H groups in total. The van der Waals surface area contributed by atoms with E-state index in [1.807, 2.05) is 0 Å². The van der Waals surface area contributed by atoms with E-state index in [0.717, 1.165) is 24.3 Å². The smallest absolute Gasteiger partial charge is 0.247 e. The number of aromatic nitrogens is 2. The first-order valence-corrected chi connectivity index (χ1v) is 10.2. The van der Waals surface area contributed by atoms with Crippen LogP contribution in [0.1, 0.15) is 0 Å². The van der Waals surface area contributed by atoms with Gasteiger partial charge in [-0.2, -0.15) is 0 Å². The maximum Gasteiger partial charge on any atom is 0.247 e. The summed E-state index contributed by atoms with van der Waals surface area (Å²) >= 11 is 0. The number of rotatable bonds is 7. The van der Waals surface area contributed by atoms with Crippen LogP contribution in [0.2, 0.25) is 0 Å². The highest BCUT2D eigenvalue weighted by molar-refractivity contribution is 6.03. The summed E-state index contributed by atoms with van der Waals surface area (Å²) < 4.78 is 53.2. The number of hydrogen-bond acceptors (Lipinski definition) is 6. The van der Waals surface area contributed by atoms with E-state index in [-0.39, 0.29) is 22.6 Å². The fourth-order valence-electron chi connectivity index (χ4n) is 3.50. The van der Waals surface area contributed by atoms with Crippen LogP contribution in [0.25, 0.3) is 22.0 Å². The maximum absolute atomic E-state index is 14.8. The van der Waals surface area contributed by atoms with Crippen molar-refractivity contribution in [2.24, 2.45) is 0 Å². The monoisotopic (exact) mass is 480 g/mol. The van der Waals surface area contributed by atoms with Gasteiger partial charge in [0.1, 0.15) is 41.1 Å². The van der Waals surface area contributed by atoms with Crippen LogP contribution in [0.3, 0.4) is 0 Å². The van der Waals surface area contributed by atoms with Gasteiger partial charge in [-0.05, 0) is 30.3 Å². The van der Waals surface area contributed by atoms with Gasteiger partial charge in [0.25, 0.3) is 0 Å². The number of ether oxygens (including phenoxy) is 2. The first kappa shape index (κ1) is 23.6. The Kier molecular flexibility index (Phi) is 6.54. The molecule has 1 aromatic heterocycles. The van der Waals surface area contributed by atoms with Gasteiger partial charge < -0.3 is 20.1 Å². The summed E-state index contributed by atoms with van der Waals surface area (Å²) in [6, 6.07) is 8.51. The highest BCUT2D eigenvalue weighted by Gasteiger charge is 2.18. The predicted octanol–water partition coefficient (Wildman–Crippen LogP) is 5.60. The number of hydrogen-bond donors (Lipinski definition) is 2. The van der Waals surface area contributed by atoms with Gasteiger partial charge in [0.15, 0.2) is 0 Å². The summed E-state index contributed by atoms with van der Waals surface area (Å²) in [7, 11) is 2.80. The van der Waals surface area contributed by atoms with Crippen molar-refractivity contribution in [2.75, 3.05) is 24.9 Å². The number of amides is 1. The average molecular weight is 480 g/mol. The lowest BCUT2D eigenvalue weighted by Gasteiger charge is -2.16. The van der Waals surface area contributed by atoms with Gasteiger partial charge >= 0.3 is 0 Å². The van der Waals surface area contributed by atoms with Crippen LogP contribution < -0.4 is 20.1 Å². The molecular formula is C25H19F3N4O3. The molecule has 0 aliphatic heterocycles. The van der Waals surface area contributed by atoms with Crippen molar-refractivity contribution in [3.8, 4) is 22.6 Å². The Morgan fingerprint density at radius 3 is 2.31 bits per heavy atom. The van der Waals surface area contributed by atoms with Gasteiger partial charge in [-0.25, -0.2) is 23.1 Å². The van der Waals surface area contributed by atoms with Gasteiger partial charge in [-0.3, -0.25) is 4.79 Å². The normalized spacial score (nSPS) is 10.7. The van der Waals surface area contributed by atoms with E-state index in [4.69, 9.17) is 9.47 Å². The van der Waals surface area contributed by atoms with Crippen LogP contribution in [-0.4, -0.2) is 30.1 Å². The van der Waals surface area contributed by atoms with Gasteiger partial charge in [-0.1, -0.05) is 6.58 Å². The first-order valence-electron chi connectivity index (χ1n) is 10.2. The molecule has 0 saturated carbocycles. The molecule has 3 aromatic carbocycles. The first-order chi connectivity index (χ1) is 16.8. The molecule has 0 atom stereocenters. The van der Waals surface area contributed by atoms with E-state index in [1.54, 1.807) is 12.1 Å². The number of fused-ring (bicyclic) bond motifs is 1. The minimum atomic E-state index is -0.915. The average Bonchev–Trinajstić information content (AvgIpc) is 2.85. The number of nitrogens with zero attached hydrogens (tertiary/aromatic N) is 2. The summed E-state index contributed by atoms with van der Waals surface area (Å²) in [6.07, 6.45) is 2.42. The van der Waals surface area contributed by atoms with Crippen LogP contribution in [-0.2, 0) is 4.79 Å². The molecule has 0 fully saturated rings. The summed E-state index contributed by atoms with van der Waals surface area (Å²) in [5, 5.41) is 6.20. The Balaban J connectivity index is 1.84. The van der Waals surface area contributed by atoms with E-state index in [9.17, 15) is 18.0 Å². The Hall–Kier alpha value is -4.60. The molecule has 4 aromatic rings. The standard InChI is InChI=1S/C25H19F3N4O3/c1-4-24(33)31-20-9-16-19(11-23(20)35-3)29-12-30-25(16)32-21-8-15(18(28)10-22(21)34-2)14-6-5-13(26)7-17(14)27/h4-12H,1H2,2-3H3,(H,31,33)(H,29,30,32). The Bertz CT molecular complexity index is 1460. The fraction of sp³-hybridized carbons (Fsp3) is 0.0800. The van der Waals surface area contributed by atoms with E-state index in [1.165, 1.54) is 26.6 Å². The molecule has 4 rings (SSSR count). The topological polar surface area (TPSA) is 85.4 Å². The second kappa shape index (κ2) is 9.72. The van der Waals surface area contributed by atoms with Crippen molar-refractivity contribution >= 4 is 34.0 Å². The zero-order chi connectivity index (χ0) is 25.1. The summed E-state index contributed by atoms with van der Waals surface area (Å²) in [5.74, 6) is -2.12. The number of nitrogens with one attached hydrogen (secondary N) is 2. The molecule has 1 amide bonds. The van der Waals surface area contributed by atoms with E-state index in [0.29, 0.717) is 34.2 Å². The number of halogens is 3. The minimum Gasteiger partial charge on any atom is -0.494 e. The molecule has 0 bridgehead atoms. The molecule has 0 aliphatic rings. The number of methoxy groups -OCH3 is 2. The van der Waals surface area contributed by atoms with Crippen molar-refractivity contribution < 1.29 is 27.4 Å². The van der Waals surface area contributed by atoms with Crippen LogP contribution in [0.15, 0.2) is 61.4 Å². The van der Waals surface area contributed by atoms with Crippen molar-refractivity contribution in [1.29, 1.82) is 0 Å². The zero-order valence-corrected chi connectivity index (χ0v) is 18.7. The van der Waals surface area contributed by atoms with Gasteiger partial charge in [0, 0.05) is 34.7 Å². The molecule has 1 heterocycles. The third-order valence-corrected chi connectivity index (χ3v) is 5.16. The van der Waals surface area contributed by atoms with E-state index < -0.39 is 23.4 Å². The molecule has 0 aliphatic carbocycles. The zero-order valence-electron chi connectivity index (χ0n) is 18.7. The van der Waals surface area contributed by atoms with Crippen LogP contribution >= 0.6 is 0 Å². The number of carbonyl (C=O) groups excluding carboxylic acids is 1. The Morgan fingerprint density at radius 1 is 0.914 bits per heavy atom. The van der Waals surface area contributed by atoms with Crippen molar-refractivity contribution in [3.63, 3.8) is 0 Å². The number of benzene rings is 3. The van der Waals surface area contributed by atoms with Crippen molar-refractivity contribution in [1.82, 2.24) is 9.97 Å². The van der Waals surface area contributed by atoms with Crippen molar-refractivity contribution in [2.45, 2.75) is 0 Å². The predicted molar refractivity (Wildman–Crippen MR) is 127 cm³/mol. The molecule has 10 heteroatoms. The molecule has 0 saturated heterocycles. The van der Waals surface area contributed by atoms with Crippen LogP contribution in [0.5, 0.6) is 11.5 Å². The van der Waals surface area contributed by atoms with Crippen LogP contribution in [0, 0.1) is 17.5 Å². The summed E-state index contributed by atoms with van der Waals surface area (Å²) in [6.45, 7) is 3.44. The Labute approximate surface area is 198 Å². The van der Waals surface area contributed by atoms with Gasteiger partial charge in [-0.15, -0.1) is 0 Å². The highest BCUT2D eigenvalue weighted by atomic mass is 19.1. The largest absolute Gasteiger partial charge is 0.494 e. The molecule has 0 spiro atoms. The SMILES string of the molecule is C=CC(=O)Nc1cc2c(Nc3cc(-c4ccc(F)cc4F)c(F)cc3OC)ncnc2cc1OC. The molecule has 0 radical (unpaired) electrons.